The van der Waals surface area contributed by atoms with Gasteiger partial charge in [-0.3, -0.25) is 4.79 Å². The number of carbonyl (C=O) groups excluding carboxylic acids is 1. The van der Waals surface area contributed by atoms with E-state index < -0.39 is 34.6 Å². The number of carbonyl (C=O) groups is 2. The largest absolute Gasteiger partial charge is 0.478 e. The Morgan fingerprint density at radius 1 is 1.45 bits per heavy atom. The van der Waals surface area contributed by atoms with Crippen LogP contribution in [-0.2, 0) is 14.3 Å². The van der Waals surface area contributed by atoms with Crippen LogP contribution in [0.4, 0.5) is 0 Å². The molecular weight excluding hydrogens is 284 g/mol. The molecule has 4 aliphatic rings. The first kappa shape index (κ1) is 15.4. The summed E-state index contributed by atoms with van der Waals surface area (Å²) >= 11 is 0. The summed E-state index contributed by atoms with van der Waals surface area (Å²) in [6, 6.07) is 0. The van der Waals surface area contributed by atoms with Crippen LogP contribution in [0.15, 0.2) is 23.3 Å². The van der Waals surface area contributed by atoms with Crippen molar-refractivity contribution in [2.24, 2.45) is 11.8 Å². The Hall–Kier alpha value is -1.46. The Morgan fingerprint density at radius 3 is 2.64 bits per heavy atom. The molecule has 1 aliphatic heterocycles. The SMILES string of the molecule is CC(C)=CCC12OC(C)(C)C3CC(C=C(C(=O)O)C31O)C2=O. The molecule has 4 bridgehead atoms. The zero-order chi connectivity index (χ0) is 16.5. The highest BCUT2D eigenvalue weighted by molar-refractivity contribution is 6.03. The number of Topliss-reactive ketones (excluding diaryl/α,β-unsaturated/α-hetero) is 1. The lowest BCUT2D eigenvalue weighted by atomic mass is 9.53. The van der Waals surface area contributed by atoms with Gasteiger partial charge in [-0.05, 0) is 34.1 Å². The Labute approximate surface area is 129 Å². The van der Waals surface area contributed by atoms with Crippen molar-refractivity contribution in [3.05, 3.63) is 23.3 Å². The number of hydrogen-bond acceptors (Lipinski definition) is 4. The second-order valence-electron chi connectivity index (χ2n) is 7.43. The highest BCUT2D eigenvalue weighted by atomic mass is 16.6. The molecule has 0 radical (unpaired) electrons. The van der Waals surface area contributed by atoms with E-state index in [-0.39, 0.29) is 17.8 Å². The molecule has 5 heteroatoms. The van der Waals surface area contributed by atoms with E-state index in [1.807, 2.05) is 33.8 Å². The fraction of sp³-hybridized carbons (Fsp3) is 0.647. The van der Waals surface area contributed by atoms with Crippen molar-refractivity contribution in [2.75, 3.05) is 0 Å². The number of carboxylic acid groups (broad SMARTS) is 1. The van der Waals surface area contributed by atoms with Gasteiger partial charge >= 0.3 is 5.97 Å². The fourth-order valence-corrected chi connectivity index (χ4v) is 4.49. The highest BCUT2D eigenvalue weighted by Gasteiger charge is 2.78. The minimum Gasteiger partial charge on any atom is -0.478 e. The van der Waals surface area contributed by atoms with Crippen molar-refractivity contribution < 1.29 is 24.5 Å². The van der Waals surface area contributed by atoms with E-state index in [0.29, 0.717) is 6.42 Å². The molecule has 2 fully saturated rings. The summed E-state index contributed by atoms with van der Waals surface area (Å²) in [7, 11) is 0. The number of rotatable bonds is 3. The molecule has 0 amide bonds. The molecule has 1 heterocycles. The topological polar surface area (TPSA) is 83.8 Å². The molecular formula is C17H22O5. The van der Waals surface area contributed by atoms with Crippen molar-refractivity contribution in [2.45, 2.75) is 57.3 Å². The van der Waals surface area contributed by atoms with Gasteiger partial charge in [0.1, 0.15) is 5.60 Å². The van der Waals surface area contributed by atoms with Crippen LogP contribution < -0.4 is 0 Å². The molecule has 0 aromatic heterocycles. The third-order valence-corrected chi connectivity index (χ3v) is 5.43. The summed E-state index contributed by atoms with van der Waals surface area (Å²) in [5.74, 6) is -2.26. The number of hydrogen-bond donors (Lipinski definition) is 2. The zero-order valence-electron chi connectivity index (χ0n) is 13.3. The van der Waals surface area contributed by atoms with Gasteiger partial charge in [-0.15, -0.1) is 0 Å². The van der Waals surface area contributed by atoms with Crippen LogP contribution in [0.25, 0.3) is 0 Å². The molecule has 2 N–H and O–H groups in total. The van der Waals surface area contributed by atoms with Gasteiger partial charge in [-0.25, -0.2) is 4.79 Å². The van der Waals surface area contributed by atoms with Gasteiger partial charge in [0.25, 0.3) is 0 Å². The van der Waals surface area contributed by atoms with Crippen LogP contribution in [0.1, 0.15) is 40.5 Å². The predicted molar refractivity (Wildman–Crippen MR) is 79.2 cm³/mol. The van der Waals surface area contributed by atoms with Gasteiger partial charge in [0, 0.05) is 18.3 Å². The van der Waals surface area contributed by atoms with E-state index >= 15 is 0 Å². The average molecular weight is 306 g/mol. The fourth-order valence-electron chi connectivity index (χ4n) is 4.49. The van der Waals surface area contributed by atoms with Gasteiger partial charge in [0.15, 0.2) is 11.4 Å². The van der Waals surface area contributed by atoms with Crippen molar-refractivity contribution in [1.82, 2.24) is 0 Å². The Balaban J connectivity index is 2.24. The first-order valence-electron chi connectivity index (χ1n) is 7.62. The summed E-state index contributed by atoms with van der Waals surface area (Å²) < 4.78 is 6.09. The molecule has 0 spiro atoms. The smallest absolute Gasteiger partial charge is 0.334 e. The van der Waals surface area contributed by atoms with Crippen LogP contribution >= 0.6 is 0 Å². The standard InChI is InChI=1S/C17H22O5/c1-9(2)5-6-16-13(18)10-7-11(14(19)20)17(16,21)12(8-10)15(3,4)22-16/h5,7,10,12,21H,6,8H2,1-4H3,(H,19,20). The lowest BCUT2D eigenvalue weighted by molar-refractivity contribution is -0.178. The molecule has 3 aliphatic carbocycles. The third kappa shape index (κ3) is 1.61. The zero-order valence-corrected chi connectivity index (χ0v) is 13.3. The first-order valence-corrected chi connectivity index (χ1v) is 7.62. The molecule has 4 rings (SSSR count). The number of aliphatic hydroxyl groups is 1. The number of ketones is 1. The predicted octanol–water partition coefficient (Wildman–Crippen LogP) is 1.85. The quantitative estimate of drug-likeness (QED) is 0.777. The number of carboxylic acids is 1. The molecule has 1 saturated carbocycles. The van der Waals surface area contributed by atoms with Crippen molar-refractivity contribution in [1.29, 1.82) is 0 Å². The van der Waals surface area contributed by atoms with E-state index in [1.165, 1.54) is 6.08 Å². The van der Waals surface area contributed by atoms with E-state index in [9.17, 15) is 19.8 Å². The second kappa shape index (κ2) is 4.30. The summed E-state index contributed by atoms with van der Waals surface area (Å²) in [6.45, 7) is 7.45. The van der Waals surface area contributed by atoms with Crippen LogP contribution in [0, 0.1) is 11.8 Å². The van der Waals surface area contributed by atoms with Crippen LogP contribution in [0.3, 0.4) is 0 Å². The molecule has 22 heavy (non-hydrogen) atoms. The van der Waals surface area contributed by atoms with Gasteiger partial charge in [-0.1, -0.05) is 17.7 Å². The molecule has 4 atom stereocenters. The number of aliphatic carboxylic acids is 1. The second-order valence-corrected chi connectivity index (χ2v) is 7.43. The molecule has 5 nitrogen and oxygen atoms in total. The summed E-state index contributed by atoms with van der Waals surface area (Å²) in [4.78, 5) is 24.5. The van der Waals surface area contributed by atoms with E-state index in [4.69, 9.17) is 4.74 Å². The Morgan fingerprint density at radius 2 is 2.09 bits per heavy atom. The average Bonchev–Trinajstić information content (AvgIpc) is 2.53. The van der Waals surface area contributed by atoms with E-state index in [2.05, 4.69) is 0 Å². The van der Waals surface area contributed by atoms with Gasteiger partial charge in [-0.2, -0.15) is 0 Å². The monoisotopic (exact) mass is 306 g/mol. The summed E-state index contributed by atoms with van der Waals surface area (Å²) in [5, 5.41) is 20.9. The molecule has 0 aromatic rings. The maximum absolute atomic E-state index is 12.9. The third-order valence-electron chi connectivity index (χ3n) is 5.43. The number of ether oxygens (including phenoxy) is 1. The minimum absolute atomic E-state index is 0.0823. The summed E-state index contributed by atoms with van der Waals surface area (Å²) in [6.07, 6.45) is 3.91. The number of allylic oxidation sites excluding steroid dienone is 2. The Kier molecular flexibility index (Phi) is 3.01. The molecule has 4 unspecified atom stereocenters. The lowest BCUT2D eigenvalue weighted by Crippen LogP contribution is -2.68. The van der Waals surface area contributed by atoms with Gasteiger partial charge in [0.2, 0.25) is 0 Å². The van der Waals surface area contributed by atoms with Crippen LogP contribution in [0.2, 0.25) is 0 Å². The Bertz CT molecular complexity index is 625. The summed E-state index contributed by atoms with van der Waals surface area (Å²) in [5.41, 5.74) is -3.08. The van der Waals surface area contributed by atoms with Crippen LogP contribution in [-0.4, -0.2) is 38.8 Å². The molecule has 0 aromatic carbocycles. The first-order chi connectivity index (χ1) is 10.1. The van der Waals surface area contributed by atoms with Crippen molar-refractivity contribution >= 4 is 11.8 Å². The normalized spacial score (nSPS) is 41.3. The highest BCUT2D eigenvalue weighted by Crippen LogP contribution is 2.64. The minimum atomic E-state index is -1.76. The van der Waals surface area contributed by atoms with E-state index in [1.54, 1.807) is 0 Å². The van der Waals surface area contributed by atoms with E-state index in [0.717, 1.165) is 5.57 Å². The molecule has 1 saturated heterocycles. The maximum Gasteiger partial charge on any atom is 0.334 e. The van der Waals surface area contributed by atoms with Gasteiger partial charge < -0.3 is 14.9 Å². The van der Waals surface area contributed by atoms with Gasteiger partial charge in [0.05, 0.1) is 11.2 Å². The van der Waals surface area contributed by atoms with Crippen molar-refractivity contribution in [3.63, 3.8) is 0 Å². The maximum atomic E-state index is 12.9. The lowest BCUT2D eigenvalue weighted by Gasteiger charge is -2.51. The molecule has 120 valence electrons. The van der Waals surface area contributed by atoms with Crippen molar-refractivity contribution in [3.8, 4) is 0 Å². The van der Waals surface area contributed by atoms with Crippen LogP contribution in [0.5, 0.6) is 0 Å².